The number of rotatable bonds is 4. The van der Waals surface area contributed by atoms with Crippen LogP contribution in [0.25, 0.3) is 5.57 Å². The lowest BCUT2D eigenvalue weighted by atomic mass is 9.97. The fraction of sp³-hybridized carbons (Fsp3) is 0.238. The van der Waals surface area contributed by atoms with E-state index in [4.69, 9.17) is 4.74 Å². The highest BCUT2D eigenvalue weighted by atomic mass is 16.5. The second-order valence-electron chi connectivity index (χ2n) is 6.39. The second kappa shape index (κ2) is 6.93. The van der Waals surface area contributed by atoms with Crippen molar-refractivity contribution in [3.05, 3.63) is 71.3 Å². The summed E-state index contributed by atoms with van der Waals surface area (Å²) in [4.78, 5) is 26.4. The van der Waals surface area contributed by atoms with Gasteiger partial charge in [-0.05, 0) is 29.2 Å². The summed E-state index contributed by atoms with van der Waals surface area (Å²) in [7, 11) is 1.31. The first-order valence-corrected chi connectivity index (χ1v) is 8.31. The number of methoxy groups -OCH3 is 1. The van der Waals surface area contributed by atoms with Crippen molar-refractivity contribution in [3.63, 3.8) is 0 Å². The van der Waals surface area contributed by atoms with Crippen molar-refractivity contribution in [1.29, 1.82) is 0 Å². The number of carbonyl (C=O) groups is 2. The van der Waals surface area contributed by atoms with Crippen molar-refractivity contribution in [3.8, 4) is 0 Å². The Hall–Kier alpha value is -2.88. The van der Waals surface area contributed by atoms with Crippen molar-refractivity contribution in [1.82, 2.24) is 0 Å². The van der Waals surface area contributed by atoms with E-state index in [1.807, 2.05) is 48.5 Å². The SMILES string of the molecule is COC(=O)/C=C1/C(=O)N(Cc2ccccc2)c2ccc(C(C)C)cc21. The molecule has 0 atom stereocenters. The maximum Gasteiger partial charge on any atom is 0.331 e. The Morgan fingerprint density at radius 2 is 1.88 bits per heavy atom. The molecule has 25 heavy (non-hydrogen) atoms. The van der Waals surface area contributed by atoms with E-state index in [0.29, 0.717) is 18.0 Å². The first-order chi connectivity index (χ1) is 12.0. The second-order valence-corrected chi connectivity index (χ2v) is 6.39. The summed E-state index contributed by atoms with van der Waals surface area (Å²) < 4.78 is 4.72. The van der Waals surface area contributed by atoms with E-state index in [2.05, 4.69) is 13.8 Å². The van der Waals surface area contributed by atoms with Gasteiger partial charge in [-0.2, -0.15) is 0 Å². The van der Waals surface area contributed by atoms with Gasteiger partial charge in [0, 0.05) is 11.6 Å². The van der Waals surface area contributed by atoms with Gasteiger partial charge < -0.3 is 9.64 Å². The summed E-state index contributed by atoms with van der Waals surface area (Å²) >= 11 is 0. The molecule has 0 bridgehead atoms. The Bertz CT molecular complexity index is 837. The van der Waals surface area contributed by atoms with E-state index in [1.165, 1.54) is 13.2 Å². The molecule has 0 saturated carbocycles. The minimum atomic E-state index is -0.522. The lowest BCUT2D eigenvalue weighted by Crippen LogP contribution is -2.25. The van der Waals surface area contributed by atoms with Crippen LogP contribution in [0, 0.1) is 0 Å². The fourth-order valence-electron chi connectivity index (χ4n) is 2.97. The van der Waals surface area contributed by atoms with Crippen LogP contribution in [0.4, 0.5) is 5.69 Å². The largest absolute Gasteiger partial charge is 0.466 e. The Morgan fingerprint density at radius 1 is 1.16 bits per heavy atom. The lowest BCUT2D eigenvalue weighted by Gasteiger charge is -2.17. The number of carbonyl (C=O) groups excluding carboxylic acids is 2. The maximum atomic E-state index is 12.9. The molecule has 0 radical (unpaired) electrons. The van der Waals surface area contributed by atoms with Crippen LogP contribution in [0.3, 0.4) is 0 Å². The Morgan fingerprint density at radius 3 is 2.52 bits per heavy atom. The Balaban J connectivity index is 2.07. The molecule has 1 aliphatic heterocycles. The number of fused-ring (bicyclic) bond motifs is 1. The van der Waals surface area contributed by atoms with Crippen LogP contribution < -0.4 is 4.90 Å². The normalized spacial score (nSPS) is 15.0. The molecule has 0 unspecified atom stereocenters. The van der Waals surface area contributed by atoms with Crippen LogP contribution in [0.1, 0.15) is 36.5 Å². The first kappa shape index (κ1) is 17.0. The molecule has 2 aromatic rings. The van der Waals surface area contributed by atoms with Gasteiger partial charge in [0.2, 0.25) is 0 Å². The van der Waals surface area contributed by atoms with Gasteiger partial charge in [-0.1, -0.05) is 50.2 Å². The summed E-state index contributed by atoms with van der Waals surface area (Å²) in [5.41, 5.74) is 4.17. The van der Waals surface area contributed by atoms with Gasteiger partial charge in [0.25, 0.3) is 5.91 Å². The molecule has 128 valence electrons. The highest BCUT2D eigenvalue weighted by Gasteiger charge is 2.33. The van der Waals surface area contributed by atoms with Crippen LogP contribution in [-0.2, 0) is 20.9 Å². The third kappa shape index (κ3) is 3.33. The minimum absolute atomic E-state index is 0.176. The van der Waals surface area contributed by atoms with Gasteiger partial charge in [-0.25, -0.2) is 4.79 Å². The molecule has 0 N–H and O–H groups in total. The summed E-state index contributed by atoms with van der Waals surface area (Å²) in [6.07, 6.45) is 1.29. The van der Waals surface area contributed by atoms with E-state index in [-0.39, 0.29) is 5.91 Å². The van der Waals surface area contributed by atoms with Crippen LogP contribution in [-0.4, -0.2) is 19.0 Å². The van der Waals surface area contributed by atoms with E-state index in [1.54, 1.807) is 4.90 Å². The predicted octanol–water partition coefficient (Wildman–Crippen LogP) is 3.91. The van der Waals surface area contributed by atoms with Gasteiger partial charge in [0.15, 0.2) is 0 Å². The smallest absolute Gasteiger partial charge is 0.331 e. The van der Waals surface area contributed by atoms with E-state index < -0.39 is 5.97 Å². The zero-order chi connectivity index (χ0) is 18.0. The zero-order valence-corrected chi connectivity index (χ0v) is 14.7. The number of nitrogens with zero attached hydrogens (tertiary/aromatic N) is 1. The Labute approximate surface area is 147 Å². The van der Waals surface area contributed by atoms with E-state index in [0.717, 1.165) is 22.4 Å². The third-order valence-electron chi connectivity index (χ3n) is 4.39. The summed E-state index contributed by atoms with van der Waals surface area (Å²) in [6.45, 7) is 4.67. The monoisotopic (exact) mass is 335 g/mol. The summed E-state index contributed by atoms with van der Waals surface area (Å²) in [5, 5.41) is 0. The molecule has 2 aromatic carbocycles. The number of benzene rings is 2. The first-order valence-electron chi connectivity index (χ1n) is 8.31. The third-order valence-corrected chi connectivity index (χ3v) is 4.39. The predicted molar refractivity (Wildman–Crippen MR) is 98.2 cm³/mol. The van der Waals surface area contributed by atoms with Gasteiger partial charge >= 0.3 is 5.97 Å². The molecule has 1 amide bonds. The lowest BCUT2D eigenvalue weighted by molar-refractivity contribution is -0.135. The number of amides is 1. The summed E-state index contributed by atoms with van der Waals surface area (Å²) in [5.74, 6) is -0.362. The quantitative estimate of drug-likeness (QED) is 0.628. The highest BCUT2D eigenvalue weighted by molar-refractivity contribution is 6.34. The number of ether oxygens (including phenoxy) is 1. The molecule has 0 spiro atoms. The number of hydrogen-bond donors (Lipinski definition) is 0. The molecule has 1 aliphatic rings. The van der Waals surface area contributed by atoms with Crippen LogP contribution >= 0.6 is 0 Å². The maximum absolute atomic E-state index is 12.9. The molecule has 0 fully saturated rings. The van der Waals surface area contributed by atoms with Crippen molar-refractivity contribution < 1.29 is 14.3 Å². The molecule has 3 rings (SSSR count). The Kier molecular flexibility index (Phi) is 4.70. The van der Waals surface area contributed by atoms with Gasteiger partial charge in [0.05, 0.1) is 24.9 Å². The standard InChI is InChI=1S/C21H21NO3/c1-14(2)16-9-10-19-17(11-16)18(12-20(23)25-3)21(24)22(19)13-15-7-5-4-6-8-15/h4-12,14H,13H2,1-3H3/b18-12+. The average molecular weight is 335 g/mol. The number of hydrogen-bond acceptors (Lipinski definition) is 3. The molecule has 0 aromatic heterocycles. The van der Waals surface area contributed by atoms with Crippen LogP contribution in [0.15, 0.2) is 54.6 Å². The fourth-order valence-corrected chi connectivity index (χ4v) is 2.97. The summed E-state index contributed by atoms with van der Waals surface area (Å²) in [6, 6.07) is 15.8. The van der Waals surface area contributed by atoms with Crippen molar-refractivity contribution >= 4 is 23.1 Å². The molecule has 4 heteroatoms. The minimum Gasteiger partial charge on any atom is -0.466 e. The van der Waals surface area contributed by atoms with Crippen LogP contribution in [0.2, 0.25) is 0 Å². The van der Waals surface area contributed by atoms with Crippen molar-refractivity contribution in [2.45, 2.75) is 26.3 Å². The molecule has 0 aliphatic carbocycles. The van der Waals surface area contributed by atoms with E-state index >= 15 is 0 Å². The number of anilines is 1. The van der Waals surface area contributed by atoms with Gasteiger partial charge in [-0.3, -0.25) is 4.79 Å². The molecule has 1 heterocycles. The molecular formula is C21H21NO3. The molecular weight excluding hydrogens is 314 g/mol. The van der Waals surface area contributed by atoms with Crippen LogP contribution in [0.5, 0.6) is 0 Å². The van der Waals surface area contributed by atoms with Gasteiger partial charge in [-0.15, -0.1) is 0 Å². The average Bonchev–Trinajstić information content (AvgIpc) is 2.87. The molecule has 4 nitrogen and oxygen atoms in total. The topological polar surface area (TPSA) is 46.6 Å². The van der Waals surface area contributed by atoms with Crippen molar-refractivity contribution in [2.24, 2.45) is 0 Å². The molecule has 0 saturated heterocycles. The zero-order valence-electron chi connectivity index (χ0n) is 14.7. The van der Waals surface area contributed by atoms with E-state index in [9.17, 15) is 9.59 Å². The van der Waals surface area contributed by atoms with Crippen molar-refractivity contribution in [2.75, 3.05) is 12.0 Å². The van der Waals surface area contributed by atoms with Gasteiger partial charge in [0.1, 0.15) is 0 Å². The highest BCUT2D eigenvalue weighted by Crippen LogP contribution is 2.39. The number of esters is 1.